The second kappa shape index (κ2) is 6.36. The van der Waals surface area contributed by atoms with Crippen LogP contribution in [0.5, 0.6) is 0 Å². The predicted molar refractivity (Wildman–Crippen MR) is 95.0 cm³/mol. The lowest BCUT2D eigenvalue weighted by molar-refractivity contribution is -0.118. The van der Waals surface area contributed by atoms with Crippen LogP contribution in [0.3, 0.4) is 0 Å². The molecule has 24 heavy (non-hydrogen) atoms. The molecule has 4 rings (SSSR count). The highest BCUT2D eigenvalue weighted by Gasteiger charge is 2.23. The van der Waals surface area contributed by atoms with Gasteiger partial charge in [0.05, 0.1) is 0 Å². The molecule has 0 saturated carbocycles. The predicted octanol–water partition coefficient (Wildman–Crippen LogP) is 4.47. The largest absolute Gasteiger partial charge is 0.461 e. The first-order valence-electron chi connectivity index (χ1n) is 8.34. The minimum absolute atomic E-state index is 0.164. The van der Waals surface area contributed by atoms with Crippen LogP contribution in [0.25, 0.3) is 11.3 Å². The average molecular weight is 317 g/mol. The fraction of sp³-hybridized carbons (Fsp3) is 0.190. The molecule has 1 aliphatic heterocycles. The third kappa shape index (κ3) is 2.85. The third-order valence-electron chi connectivity index (χ3n) is 4.49. The smallest absolute Gasteiger partial charge is 0.227 e. The Hall–Kier alpha value is -2.81. The van der Waals surface area contributed by atoms with E-state index in [4.69, 9.17) is 4.42 Å². The molecule has 3 aromatic rings. The summed E-state index contributed by atoms with van der Waals surface area (Å²) in [6.07, 6.45) is 2.04. The number of carbonyl (C=O) groups is 1. The number of amides is 1. The van der Waals surface area contributed by atoms with Crippen LogP contribution in [0.15, 0.2) is 71.1 Å². The van der Waals surface area contributed by atoms with Crippen molar-refractivity contribution in [1.29, 1.82) is 0 Å². The third-order valence-corrected chi connectivity index (χ3v) is 4.49. The van der Waals surface area contributed by atoms with Gasteiger partial charge >= 0.3 is 0 Å². The van der Waals surface area contributed by atoms with Gasteiger partial charge in [-0.15, -0.1) is 0 Å². The number of furan rings is 1. The Kier molecular flexibility index (Phi) is 3.91. The number of hydrogen-bond donors (Lipinski definition) is 0. The maximum Gasteiger partial charge on any atom is 0.227 e. The Morgan fingerprint density at radius 3 is 2.62 bits per heavy atom. The summed E-state index contributed by atoms with van der Waals surface area (Å²) in [5.41, 5.74) is 3.38. The number of benzene rings is 2. The van der Waals surface area contributed by atoms with E-state index in [0.717, 1.165) is 35.7 Å². The molecule has 1 aliphatic rings. The summed E-state index contributed by atoms with van der Waals surface area (Å²) in [5, 5.41) is 0. The molecule has 0 saturated heterocycles. The number of anilines is 1. The molecule has 1 amide bonds. The van der Waals surface area contributed by atoms with Gasteiger partial charge in [0.15, 0.2) is 0 Å². The molecule has 0 unspecified atom stereocenters. The standard InChI is InChI=1S/C21H19NO2/c23-21(22-15-14-16-6-4-5-9-19(16)22)13-11-18-10-12-20(24-18)17-7-2-1-3-8-17/h1-10,12H,11,13-15H2. The molecule has 2 aromatic carbocycles. The van der Waals surface area contributed by atoms with E-state index in [2.05, 4.69) is 6.07 Å². The van der Waals surface area contributed by atoms with E-state index in [1.807, 2.05) is 65.6 Å². The molecule has 0 bridgehead atoms. The number of para-hydroxylation sites is 1. The first-order valence-corrected chi connectivity index (χ1v) is 8.34. The minimum Gasteiger partial charge on any atom is -0.461 e. The van der Waals surface area contributed by atoms with E-state index in [0.29, 0.717) is 12.8 Å². The maximum absolute atomic E-state index is 12.5. The van der Waals surface area contributed by atoms with Gasteiger partial charge in [-0.1, -0.05) is 48.5 Å². The van der Waals surface area contributed by atoms with Crippen molar-refractivity contribution < 1.29 is 9.21 Å². The lowest BCUT2D eigenvalue weighted by atomic mass is 10.2. The summed E-state index contributed by atoms with van der Waals surface area (Å²) in [4.78, 5) is 14.4. The van der Waals surface area contributed by atoms with Crippen molar-refractivity contribution >= 4 is 11.6 Å². The zero-order chi connectivity index (χ0) is 16.4. The number of fused-ring (bicyclic) bond motifs is 1. The van der Waals surface area contributed by atoms with Gasteiger partial charge in [0, 0.05) is 30.6 Å². The molecule has 3 heteroatoms. The van der Waals surface area contributed by atoms with Gasteiger partial charge in [0.1, 0.15) is 11.5 Å². The van der Waals surface area contributed by atoms with Crippen LogP contribution in [0.1, 0.15) is 17.7 Å². The number of rotatable bonds is 4. The van der Waals surface area contributed by atoms with Crippen molar-refractivity contribution in [1.82, 2.24) is 0 Å². The van der Waals surface area contributed by atoms with Crippen molar-refractivity contribution in [3.63, 3.8) is 0 Å². The van der Waals surface area contributed by atoms with Gasteiger partial charge < -0.3 is 9.32 Å². The van der Waals surface area contributed by atoms with Gasteiger partial charge in [-0.05, 0) is 30.2 Å². The Balaban J connectivity index is 1.41. The second-order valence-corrected chi connectivity index (χ2v) is 6.06. The zero-order valence-corrected chi connectivity index (χ0v) is 13.4. The van der Waals surface area contributed by atoms with Crippen LogP contribution in [0, 0.1) is 0 Å². The van der Waals surface area contributed by atoms with Crippen molar-refractivity contribution in [2.45, 2.75) is 19.3 Å². The summed E-state index contributed by atoms with van der Waals surface area (Å²) in [5.74, 6) is 1.87. The van der Waals surface area contributed by atoms with Crippen molar-refractivity contribution in [3.05, 3.63) is 78.1 Å². The molecule has 0 radical (unpaired) electrons. The summed E-state index contributed by atoms with van der Waals surface area (Å²) in [7, 11) is 0. The highest BCUT2D eigenvalue weighted by Crippen LogP contribution is 2.28. The Morgan fingerprint density at radius 2 is 1.75 bits per heavy atom. The van der Waals surface area contributed by atoms with E-state index in [9.17, 15) is 4.79 Å². The van der Waals surface area contributed by atoms with Gasteiger partial charge in [-0.3, -0.25) is 4.79 Å². The van der Waals surface area contributed by atoms with E-state index in [-0.39, 0.29) is 5.91 Å². The molecule has 0 aliphatic carbocycles. The van der Waals surface area contributed by atoms with Crippen molar-refractivity contribution in [3.8, 4) is 11.3 Å². The number of aryl methyl sites for hydroxylation is 1. The summed E-state index contributed by atoms with van der Waals surface area (Å²) in [6.45, 7) is 0.783. The monoisotopic (exact) mass is 317 g/mol. The average Bonchev–Trinajstić information content (AvgIpc) is 3.27. The van der Waals surface area contributed by atoms with Crippen LogP contribution >= 0.6 is 0 Å². The quantitative estimate of drug-likeness (QED) is 0.711. The topological polar surface area (TPSA) is 33.5 Å². The van der Waals surface area contributed by atoms with Gasteiger partial charge in [0.25, 0.3) is 0 Å². The molecule has 0 atom stereocenters. The van der Waals surface area contributed by atoms with Crippen molar-refractivity contribution in [2.75, 3.05) is 11.4 Å². The highest BCUT2D eigenvalue weighted by atomic mass is 16.3. The second-order valence-electron chi connectivity index (χ2n) is 6.06. The number of nitrogens with zero attached hydrogens (tertiary/aromatic N) is 1. The summed E-state index contributed by atoms with van der Waals surface area (Å²) < 4.78 is 5.88. The molecule has 1 aromatic heterocycles. The molecule has 2 heterocycles. The first-order chi connectivity index (χ1) is 11.8. The number of hydrogen-bond acceptors (Lipinski definition) is 2. The van der Waals surface area contributed by atoms with Crippen LogP contribution < -0.4 is 4.90 Å². The molecular formula is C21H19NO2. The molecular weight excluding hydrogens is 298 g/mol. The van der Waals surface area contributed by atoms with Gasteiger partial charge in [0.2, 0.25) is 5.91 Å². The van der Waals surface area contributed by atoms with Gasteiger partial charge in [-0.2, -0.15) is 0 Å². The van der Waals surface area contributed by atoms with Crippen LogP contribution in [0.2, 0.25) is 0 Å². The Morgan fingerprint density at radius 1 is 0.958 bits per heavy atom. The summed E-state index contributed by atoms with van der Waals surface area (Å²) in [6, 6.07) is 22.1. The van der Waals surface area contributed by atoms with E-state index < -0.39 is 0 Å². The lowest BCUT2D eigenvalue weighted by Crippen LogP contribution is -2.28. The lowest BCUT2D eigenvalue weighted by Gasteiger charge is -2.16. The first kappa shape index (κ1) is 14.8. The van der Waals surface area contributed by atoms with E-state index in [1.54, 1.807) is 0 Å². The summed E-state index contributed by atoms with van der Waals surface area (Å²) >= 11 is 0. The fourth-order valence-corrected chi connectivity index (χ4v) is 3.23. The maximum atomic E-state index is 12.5. The number of carbonyl (C=O) groups excluding carboxylic acids is 1. The van der Waals surface area contributed by atoms with Crippen molar-refractivity contribution in [2.24, 2.45) is 0 Å². The van der Waals surface area contributed by atoms with E-state index in [1.165, 1.54) is 5.56 Å². The Labute approximate surface area is 141 Å². The zero-order valence-electron chi connectivity index (χ0n) is 13.4. The highest BCUT2D eigenvalue weighted by molar-refractivity contribution is 5.95. The fourth-order valence-electron chi connectivity index (χ4n) is 3.23. The molecule has 3 nitrogen and oxygen atoms in total. The van der Waals surface area contributed by atoms with Crippen LogP contribution in [-0.4, -0.2) is 12.5 Å². The molecule has 0 fully saturated rings. The molecule has 0 spiro atoms. The molecule has 120 valence electrons. The normalized spacial score (nSPS) is 13.1. The Bertz CT molecular complexity index is 851. The van der Waals surface area contributed by atoms with Crippen LogP contribution in [-0.2, 0) is 17.6 Å². The minimum atomic E-state index is 0.164. The molecule has 0 N–H and O–H groups in total. The SMILES string of the molecule is O=C(CCc1ccc(-c2ccccc2)o1)N1CCc2ccccc21. The van der Waals surface area contributed by atoms with Crippen LogP contribution in [0.4, 0.5) is 5.69 Å². The van der Waals surface area contributed by atoms with E-state index >= 15 is 0 Å². The van der Waals surface area contributed by atoms with Gasteiger partial charge in [-0.25, -0.2) is 0 Å².